The van der Waals surface area contributed by atoms with Crippen molar-refractivity contribution in [1.82, 2.24) is 14.9 Å². The Morgan fingerprint density at radius 1 is 1.06 bits per heavy atom. The Labute approximate surface area is 191 Å². The van der Waals surface area contributed by atoms with Crippen LogP contribution in [0.2, 0.25) is 5.02 Å². The maximum atomic E-state index is 12.9. The number of benzene rings is 1. The van der Waals surface area contributed by atoms with E-state index in [0.29, 0.717) is 54.8 Å². The zero-order chi connectivity index (χ0) is 22.3. The molecule has 0 aliphatic carbocycles. The van der Waals surface area contributed by atoms with Crippen LogP contribution in [0.4, 0.5) is 5.82 Å². The molecule has 8 heteroatoms. The van der Waals surface area contributed by atoms with Crippen LogP contribution in [0.25, 0.3) is 0 Å². The van der Waals surface area contributed by atoms with Crippen LogP contribution in [-0.4, -0.2) is 39.8 Å². The highest BCUT2D eigenvalue weighted by Gasteiger charge is 2.28. The van der Waals surface area contributed by atoms with Crippen LogP contribution >= 0.6 is 11.6 Å². The number of ether oxygens (including phenoxy) is 1. The molecule has 1 aliphatic heterocycles. The van der Waals surface area contributed by atoms with Crippen molar-refractivity contribution < 1.29 is 14.3 Å². The average molecular weight is 451 g/mol. The van der Waals surface area contributed by atoms with Crippen LogP contribution in [0, 0.1) is 5.92 Å². The fraction of sp³-hybridized carbons (Fsp3) is 0.250. The monoisotopic (exact) mass is 450 g/mol. The summed E-state index contributed by atoms with van der Waals surface area (Å²) in [5, 5.41) is 3.33. The Kier molecular flexibility index (Phi) is 6.97. The van der Waals surface area contributed by atoms with Crippen LogP contribution < -0.4 is 10.1 Å². The second-order valence-electron chi connectivity index (χ2n) is 7.57. The molecule has 2 aromatic heterocycles. The third kappa shape index (κ3) is 5.62. The van der Waals surface area contributed by atoms with Crippen molar-refractivity contribution in [2.24, 2.45) is 5.92 Å². The summed E-state index contributed by atoms with van der Waals surface area (Å²) in [6.07, 6.45) is 4.25. The van der Waals surface area contributed by atoms with Crippen LogP contribution in [0.1, 0.15) is 28.8 Å². The molecule has 32 heavy (non-hydrogen) atoms. The van der Waals surface area contributed by atoms with Gasteiger partial charge in [-0.1, -0.05) is 41.9 Å². The highest BCUT2D eigenvalue weighted by atomic mass is 35.5. The van der Waals surface area contributed by atoms with E-state index in [4.69, 9.17) is 16.3 Å². The van der Waals surface area contributed by atoms with Gasteiger partial charge in [0.1, 0.15) is 12.4 Å². The van der Waals surface area contributed by atoms with Crippen molar-refractivity contribution in [3.8, 4) is 5.88 Å². The number of anilines is 1. The molecule has 0 unspecified atom stereocenters. The lowest BCUT2D eigenvalue weighted by molar-refractivity contribution is -0.121. The molecule has 7 nitrogen and oxygen atoms in total. The summed E-state index contributed by atoms with van der Waals surface area (Å²) >= 11 is 5.82. The van der Waals surface area contributed by atoms with Gasteiger partial charge in [0.2, 0.25) is 11.8 Å². The average Bonchev–Trinajstić information content (AvgIpc) is 2.84. The molecule has 4 rings (SSSR count). The predicted molar refractivity (Wildman–Crippen MR) is 122 cm³/mol. The summed E-state index contributed by atoms with van der Waals surface area (Å²) in [5.74, 6) is 0.531. The summed E-state index contributed by atoms with van der Waals surface area (Å²) in [4.78, 5) is 35.5. The Balaban J connectivity index is 1.30. The highest BCUT2D eigenvalue weighted by molar-refractivity contribution is 6.30. The van der Waals surface area contributed by atoms with Gasteiger partial charge in [-0.15, -0.1) is 0 Å². The summed E-state index contributed by atoms with van der Waals surface area (Å²) in [6, 6.07) is 16.5. The van der Waals surface area contributed by atoms with E-state index in [9.17, 15) is 9.59 Å². The first-order chi connectivity index (χ1) is 15.6. The number of carbonyl (C=O) groups is 2. The van der Waals surface area contributed by atoms with Crippen LogP contribution in [0.15, 0.2) is 67.0 Å². The molecule has 0 radical (unpaired) electrons. The first-order valence-corrected chi connectivity index (χ1v) is 10.8. The van der Waals surface area contributed by atoms with Crippen molar-refractivity contribution in [2.45, 2.75) is 19.4 Å². The zero-order valence-corrected chi connectivity index (χ0v) is 18.2. The van der Waals surface area contributed by atoms with Gasteiger partial charge >= 0.3 is 0 Å². The van der Waals surface area contributed by atoms with Gasteiger partial charge in [0, 0.05) is 43.0 Å². The molecule has 0 spiro atoms. The predicted octanol–water partition coefficient (Wildman–Crippen LogP) is 4.20. The first kappa shape index (κ1) is 21.8. The number of piperidine rings is 1. The number of rotatable bonds is 6. The fourth-order valence-corrected chi connectivity index (χ4v) is 3.67. The Morgan fingerprint density at radius 2 is 1.84 bits per heavy atom. The minimum Gasteiger partial charge on any atom is -0.473 e. The Bertz CT molecular complexity index is 1070. The van der Waals surface area contributed by atoms with Crippen molar-refractivity contribution >= 4 is 29.2 Å². The maximum Gasteiger partial charge on any atom is 0.254 e. The topological polar surface area (TPSA) is 84.4 Å². The first-order valence-electron chi connectivity index (χ1n) is 10.4. The minimum absolute atomic E-state index is 0.0878. The molecule has 1 fully saturated rings. The molecule has 1 aromatic carbocycles. The van der Waals surface area contributed by atoms with E-state index in [1.54, 1.807) is 35.4 Å². The van der Waals surface area contributed by atoms with E-state index in [1.165, 1.54) is 6.20 Å². The van der Waals surface area contributed by atoms with Crippen molar-refractivity contribution in [2.75, 3.05) is 18.4 Å². The van der Waals surface area contributed by atoms with Crippen molar-refractivity contribution in [3.63, 3.8) is 0 Å². The molecule has 2 amide bonds. The summed E-state index contributed by atoms with van der Waals surface area (Å²) in [5.41, 5.74) is 1.55. The summed E-state index contributed by atoms with van der Waals surface area (Å²) < 4.78 is 5.73. The van der Waals surface area contributed by atoms with Crippen molar-refractivity contribution in [3.05, 3.63) is 83.1 Å². The zero-order valence-electron chi connectivity index (χ0n) is 17.4. The van der Waals surface area contributed by atoms with E-state index in [-0.39, 0.29) is 17.7 Å². The smallest absolute Gasteiger partial charge is 0.254 e. The Hall–Kier alpha value is -3.45. The summed E-state index contributed by atoms with van der Waals surface area (Å²) in [7, 11) is 0. The number of carbonyl (C=O) groups excluding carboxylic acids is 2. The fourth-order valence-electron chi connectivity index (χ4n) is 3.56. The maximum absolute atomic E-state index is 12.9. The largest absolute Gasteiger partial charge is 0.473 e. The number of amides is 2. The van der Waals surface area contributed by atoms with E-state index >= 15 is 0 Å². The third-order valence-corrected chi connectivity index (χ3v) is 5.57. The Morgan fingerprint density at radius 3 is 2.56 bits per heavy atom. The molecule has 1 aliphatic rings. The number of halogens is 1. The van der Waals surface area contributed by atoms with E-state index < -0.39 is 0 Å². The molecule has 1 N–H and O–H groups in total. The lowest BCUT2D eigenvalue weighted by Gasteiger charge is -2.31. The summed E-state index contributed by atoms with van der Waals surface area (Å²) in [6.45, 7) is 1.40. The normalized spacial score (nSPS) is 14.1. The molecular formula is C24H23ClN4O3. The third-order valence-electron chi connectivity index (χ3n) is 5.34. The molecule has 0 bridgehead atoms. The number of nitrogens with one attached hydrogen (secondary N) is 1. The van der Waals surface area contributed by atoms with Gasteiger partial charge in [0.05, 0.1) is 5.02 Å². The molecule has 164 valence electrons. The molecular weight excluding hydrogens is 428 g/mol. The SMILES string of the molecule is O=C(Nc1ccc(Cl)cn1)C1CCN(C(=O)c2ccnc(OCc3ccccc3)c2)CC1. The number of likely N-dealkylation sites (tertiary alicyclic amines) is 1. The number of aromatic nitrogens is 2. The van der Waals surface area contributed by atoms with Gasteiger partial charge in [-0.2, -0.15) is 0 Å². The van der Waals surface area contributed by atoms with E-state index in [1.807, 2.05) is 30.3 Å². The molecule has 3 heterocycles. The second kappa shape index (κ2) is 10.2. The lowest BCUT2D eigenvalue weighted by atomic mass is 9.95. The van der Waals surface area contributed by atoms with Crippen molar-refractivity contribution in [1.29, 1.82) is 0 Å². The lowest BCUT2D eigenvalue weighted by Crippen LogP contribution is -2.41. The van der Waals surface area contributed by atoms with Crippen LogP contribution in [0.5, 0.6) is 5.88 Å². The number of nitrogens with zero attached hydrogens (tertiary/aromatic N) is 3. The number of pyridine rings is 2. The van der Waals surface area contributed by atoms with Gasteiger partial charge < -0.3 is 15.0 Å². The molecule has 3 aromatic rings. The quantitative estimate of drug-likeness (QED) is 0.608. The van der Waals surface area contributed by atoms with E-state index in [2.05, 4.69) is 15.3 Å². The van der Waals surface area contributed by atoms with E-state index in [0.717, 1.165) is 5.56 Å². The van der Waals surface area contributed by atoms with Gasteiger partial charge in [0.15, 0.2) is 0 Å². The number of hydrogen-bond donors (Lipinski definition) is 1. The number of hydrogen-bond acceptors (Lipinski definition) is 5. The highest BCUT2D eigenvalue weighted by Crippen LogP contribution is 2.22. The van der Waals surface area contributed by atoms with Crippen LogP contribution in [0.3, 0.4) is 0 Å². The molecule has 0 saturated carbocycles. The van der Waals surface area contributed by atoms with Crippen LogP contribution in [-0.2, 0) is 11.4 Å². The molecule has 0 atom stereocenters. The standard InChI is InChI=1S/C24H23ClN4O3/c25-20-6-7-21(27-15-20)28-23(30)18-9-12-29(13-10-18)24(31)19-8-11-26-22(14-19)32-16-17-4-2-1-3-5-17/h1-8,11,14-15,18H,9-10,12-13,16H2,(H,27,28,30). The minimum atomic E-state index is -0.168. The van der Waals surface area contributed by atoms with Gasteiger partial charge in [-0.05, 0) is 36.6 Å². The van der Waals surface area contributed by atoms with Gasteiger partial charge in [0.25, 0.3) is 5.91 Å². The van der Waals surface area contributed by atoms with Gasteiger partial charge in [-0.3, -0.25) is 9.59 Å². The van der Waals surface area contributed by atoms with Gasteiger partial charge in [-0.25, -0.2) is 9.97 Å². The second-order valence-corrected chi connectivity index (χ2v) is 8.01. The molecule has 1 saturated heterocycles.